The van der Waals surface area contributed by atoms with Gasteiger partial charge in [-0.25, -0.2) is 17.9 Å². The zero-order valence-electron chi connectivity index (χ0n) is 11.4. The molecule has 0 spiro atoms. The minimum atomic E-state index is -3.90. The number of aliphatic hydroxyl groups excluding tert-OH is 1. The third-order valence-corrected chi connectivity index (χ3v) is 5.24. The standard InChI is InChI=1S/C11H17NO6S2/c1-7-6-19-9(11(14)18-3)10(7)20(15,16)12-4-8(13)5-17-2/h6,8,12-13H,4-5H2,1-3H3. The summed E-state index contributed by atoms with van der Waals surface area (Å²) in [5, 5.41) is 11.0. The Kier molecular flexibility index (Phi) is 6.08. The number of esters is 1. The van der Waals surface area contributed by atoms with Crippen LogP contribution in [-0.2, 0) is 19.5 Å². The first kappa shape index (κ1) is 17.1. The van der Waals surface area contributed by atoms with Crippen LogP contribution in [0.3, 0.4) is 0 Å². The van der Waals surface area contributed by atoms with E-state index in [2.05, 4.69) is 9.46 Å². The summed E-state index contributed by atoms with van der Waals surface area (Å²) in [6, 6.07) is 0. The van der Waals surface area contributed by atoms with Crippen molar-refractivity contribution in [3.8, 4) is 0 Å². The van der Waals surface area contributed by atoms with Crippen molar-refractivity contribution in [2.75, 3.05) is 27.4 Å². The molecule has 0 fully saturated rings. The van der Waals surface area contributed by atoms with E-state index < -0.39 is 22.1 Å². The molecule has 0 radical (unpaired) electrons. The Bertz CT molecular complexity index is 565. The van der Waals surface area contributed by atoms with Crippen LogP contribution in [0, 0.1) is 6.92 Å². The second-order valence-corrected chi connectivity index (χ2v) is 6.61. The van der Waals surface area contributed by atoms with Crippen LogP contribution in [0.4, 0.5) is 0 Å². The Hall–Kier alpha value is -1.00. The molecule has 1 rings (SSSR count). The van der Waals surface area contributed by atoms with Gasteiger partial charge in [0.2, 0.25) is 10.0 Å². The number of nitrogens with one attached hydrogen (secondary N) is 1. The zero-order valence-corrected chi connectivity index (χ0v) is 13.0. The quantitative estimate of drug-likeness (QED) is 0.692. The van der Waals surface area contributed by atoms with Crippen LogP contribution in [0.1, 0.15) is 15.2 Å². The van der Waals surface area contributed by atoms with E-state index in [0.29, 0.717) is 5.56 Å². The molecule has 114 valence electrons. The highest BCUT2D eigenvalue weighted by atomic mass is 32.2. The Labute approximate surface area is 121 Å². The number of hydrogen-bond donors (Lipinski definition) is 2. The van der Waals surface area contributed by atoms with Crippen LogP contribution in [-0.4, -0.2) is 53.0 Å². The molecule has 20 heavy (non-hydrogen) atoms. The first-order chi connectivity index (χ1) is 9.33. The van der Waals surface area contributed by atoms with Crippen LogP contribution >= 0.6 is 11.3 Å². The largest absolute Gasteiger partial charge is 0.465 e. The van der Waals surface area contributed by atoms with Crippen LogP contribution < -0.4 is 4.72 Å². The number of aliphatic hydroxyl groups is 1. The maximum Gasteiger partial charge on any atom is 0.349 e. The third-order valence-electron chi connectivity index (χ3n) is 2.43. The second kappa shape index (κ2) is 7.14. The molecular formula is C11H17NO6S2. The van der Waals surface area contributed by atoms with Gasteiger partial charge in [0.1, 0.15) is 9.77 Å². The van der Waals surface area contributed by atoms with Gasteiger partial charge < -0.3 is 14.6 Å². The monoisotopic (exact) mass is 323 g/mol. The highest BCUT2D eigenvalue weighted by Crippen LogP contribution is 2.27. The van der Waals surface area contributed by atoms with E-state index in [1.54, 1.807) is 12.3 Å². The molecule has 0 aliphatic rings. The van der Waals surface area contributed by atoms with E-state index in [4.69, 9.17) is 4.74 Å². The Morgan fingerprint density at radius 3 is 2.70 bits per heavy atom. The van der Waals surface area contributed by atoms with Gasteiger partial charge in [-0.05, 0) is 17.9 Å². The fourth-order valence-electron chi connectivity index (χ4n) is 1.53. The Morgan fingerprint density at radius 1 is 1.50 bits per heavy atom. The predicted molar refractivity (Wildman–Crippen MR) is 73.5 cm³/mol. The van der Waals surface area contributed by atoms with Crippen molar-refractivity contribution in [3.63, 3.8) is 0 Å². The minimum absolute atomic E-state index is 0.00893. The van der Waals surface area contributed by atoms with Gasteiger partial charge in [-0.1, -0.05) is 0 Å². The molecule has 0 aliphatic heterocycles. The van der Waals surface area contributed by atoms with Crippen molar-refractivity contribution >= 4 is 27.3 Å². The van der Waals surface area contributed by atoms with Gasteiger partial charge in [0, 0.05) is 13.7 Å². The van der Waals surface area contributed by atoms with E-state index in [1.807, 2.05) is 0 Å². The average molecular weight is 323 g/mol. The highest BCUT2D eigenvalue weighted by Gasteiger charge is 2.27. The van der Waals surface area contributed by atoms with Crippen molar-refractivity contribution in [2.45, 2.75) is 17.9 Å². The minimum Gasteiger partial charge on any atom is -0.465 e. The summed E-state index contributed by atoms with van der Waals surface area (Å²) < 4.78 is 35.9. The topological polar surface area (TPSA) is 102 Å². The molecule has 0 aromatic carbocycles. The summed E-state index contributed by atoms with van der Waals surface area (Å²) in [4.78, 5) is 11.5. The van der Waals surface area contributed by atoms with E-state index in [1.165, 1.54) is 14.2 Å². The lowest BCUT2D eigenvalue weighted by Gasteiger charge is -2.12. The normalized spacial score (nSPS) is 13.2. The number of thiophene rings is 1. The first-order valence-corrected chi connectivity index (χ1v) is 8.02. The van der Waals surface area contributed by atoms with Crippen LogP contribution in [0.15, 0.2) is 10.3 Å². The molecule has 0 saturated heterocycles. The molecule has 2 N–H and O–H groups in total. The smallest absolute Gasteiger partial charge is 0.349 e. The van der Waals surface area contributed by atoms with Gasteiger partial charge in [0.25, 0.3) is 0 Å². The molecule has 1 heterocycles. The van der Waals surface area contributed by atoms with Crippen molar-refractivity contribution in [3.05, 3.63) is 15.8 Å². The zero-order chi connectivity index (χ0) is 15.3. The van der Waals surface area contributed by atoms with Crippen LogP contribution in [0.5, 0.6) is 0 Å². The SMILES string of the molecule is COCC(O)CNS(=O)(=O)c1c(C)csc1C(=O)OC. The van der Waals surface area contributed by atoms with E-state index in [-0.39, 0.29) is 22.9 Å². The number of aryl methyl sites for hydroxylation is 1. The van der Waals surface area contributed by atoms with E-state index in [0.717, 1.165) is 11.3 Å². The van der Waals surface area contributed by atoms with Crippen LogP contribution in [0.2, 0.25) is 0 Å². The van der Waals surface area contributed by atoms with Crippen molar-refractivity contribution in [1.29, 1.82) is 0 Å². The van der Waals surface area contributed by atoms with Crippen molar-refractivity contribution < 1.29 is 27.8 Å². The van der Waals surface area contributed by atoms with Gasteiger partial charge in [-0.3, -0.25) is 0 Å². The van der Waals surface area contributed by atoms with Crippen molar-refractivity contribution in [1.82, 2.24) is 4.72 Å². The van der Waals surface area contributed by atoms with Gasteiger partial charge in [-0.2, -0.15) is 0 Å². The molecular weight excluding hydrogens is 306 g/mol. The van der Waals surface area contributed by atoms with Crippen LogP contribution in [0.25, 0.3) is 0 Å². The van der Waals surface area contributed by atoms with Gasteiger partial charge in [0.05, 0.1) is 19.8 Å². The summed E-state index contributed by atoms with van der Waals surface area (Å²) in [6.45, 7) is 1.39. The fourth-order valence-corrected chi connectivity index (χ4v) is 4.30. The molecule has 1 aromatic rings. The van der Waals surface area contributed by atoms with Gasteiger partial charge >= 0.3 is 5.97 Å². The first-order valence-electron chi connectivity index (χ1n) is 5.66. The number of methoxy groups -OCH3 is 2. The average Bonchev–Trinajstić information content (AvgIpc) is 2.79. The highest BCUT2D eigenvalue weighted by molar-refractivity contribution is 7.89. The summed E-state index contributed by atoms with van der Waals surface area (Å²) in [5.74, 6) is -0.707. The number of carbonyl (C=O) groups is 1. The molecule has 0 aliphatic carbocycles. The van der Waals surface area contributed by atoms with E-state index >= 15 is 0 Å². The molecule has 0 amide bonds. The lowest BCUT2D eigenvalue weighted by atomic mass is 10.3. The summed E-state index contributed by atoms with van der Waals surface area (Å²) in [7, 11) is -1.32. The fraction of sp³-hybridized carbons (Fsp3) is 0.545. The molecule has 1 atom stereocenters. The van der Waals surface area contributed by atoms with E-state index in [9.17, 15) is 18.3 Å². The third kappa shape index (κ3) is 4.00. The summed E-state index contributed by atoms with van der Waals surface area (Å²) in [5.41, 5.74) is 0.448. The Balaban J connectivity index is 2.98. The molecule has 1 unspecified atom stereocenters. The maximum atomic E-state index is 12.2. The summed E-state index contributed by atoms with van der Waals surface area (Å²) >= 11 is 0.999. The second-order valence-electron chi connectivity index (χ2n) is 4.03. The van der Waals surface area contributed by atoms with Gasteiger partial charge in [0.15, 0.2) is 0 Å². The number of ether oxygens (including phenoxy) is 2. The molecule has 9 heteroatoms. The molecule has 0 saturated carbocycles. The molecule has 1 aromatic heterocycles. The number of hydrogen-bond acceptors (Lipinski definition) is 7. The lowest BCUT2D eigenvalue weighted by molar-refractivity contribution is 0.0602. The summed E-state index contributed by atoms with van der Waals surface area (Å²) in [6.07, 6.45) is -0.963. The molecule has 0 bridgehead atoms. The van der Waals surface area contributed by atoms with Gasteiger partial charge in [-0.15, -0.1) is 11.3 Å². The van der Waals surface area contributed by atoms with Crippen molar-refractivity contribution in [2.24, 2.45) is 0 Å². The maximum absolute atomic E-state index is 12.2. The lowest BCUT2D eigenvalue weighted by Crippen LogP contribution is -2.35. The number of carbonyl (C=O) groups excluding carboxylic acids is 1. The molecule has 7 nitrogen and oxygen atoms in total. The predicted octanol–water partition coefficient (Wildman–Crippen LogP) is 0.129. The number of rotatable bonds is 7. The number of sulfonamides is 1. The Morgan fingerprint density at radius 2 is 2.15 bits per heavy atom.